The number of carboxylic acids is 1. The molecule has 1 aliphatic carbocycles. The minimum atomic E-state index is -0.582. The van der Waals surface area contributed by atoms with E-state index < -0.39 is 5.97 Å². The van der Waals surface area contributed by atoms with Crippen molar-refractivity contribution in [1.29, 1.82) is 0 Å². The van der Waals surface area contributed by atoms with Gasteiger partial charge in [-0.1, -0.05) is 30.3 Å². The Kier molecular flexibility index (Phi) is 3.08. The third-order valence-electron chi connectivity index (χ3n) is 4.44. The molecular weight excluding hydrogens is 226 g/mol. The van der Waals surface area contributed by atoms with Gasteiger partial charge in [-0.2, -0.15) is 0 Å². The lowest BCUT2D eigenvalue weighted by Crippen LogP contribution is -2.44. The largest absolute Gasteiger partial charge is 0.481 e. The quantitative estimate of drug-likeness (QED) is 0.887. The molecule has 2 atom stereocenters. The van der Waals surface area contributed by atoms with E-state index in [0.29, 0.717) is 11.8 Å². The average molecular weight is 245 g/mol. The van der Waals surface area contributed by atoms with Crippen LogP contribution in [0.15, 0.2) is 30.3 Å². The molecule has 1 aromatic carbocycles. The zero-order valence-corrected chi connectivity index (χ0v) is 10.5. The van der Waals surface area contributed by atoms with Crippen LogP contribution in [-0.2, 0) is 11.3 Å². The Morgan fingerprint density at radius 3 is 2.33 bits per heavy atom. The van der Waals surface area contributed by atoms with Crippen LogP contribution in [0.25, 0.3) is 0 Å². The minimum absolute atomic E-state index is 0.0861. The van der Waals surface area contributed by atoms with Gasteiger partial charge >= 0.3 is 5.97 Å². The summed E-state index contributed by atoms with van der Waals surface area (Å²) in [5.74, 6) is 0.0637. The summed E-state index contributed by atoms with van der Waals surface area (Å²) in [7, 11) is 0. The van der Waals surface area contributed by atoms with Gasteiger partial charge in [-0.25, -0.2) is 0 Å². The van der Waals surface area contributed by atoms with Crippen molar-refractivity contribution in [2.24, 2.45) is 17.8 Å². The maximum Gasteiger partial charge on any atom is 0.307 e. The molecule has 1 aliphatic heterocycles. The van der Waals surface area contributed by atoms with Crippen LogP contribution in [0.5, 0.6) is 0 Å². The first-order valence-corrected chi connectivity index (χ1v) is 6.73. The second-order valence-corrected chi connectivity index (χ2v) is 5.64. The summed E-state index contributed by atoms with van der Waals surface area (Å²) in [6, 6.07) is 10.4. The van der Waals surface area contributed by atoms with Crippen molar-refractivity contribution >= 4 is 5.97 Å². The van der Waals surface area contributed by atoms with E-state index in [1.54, 1.807) is 0 Å². The molecule has 1 aromatic rings. The van der Waals surface area contributed by atoms with Gasteiger partial charge in [0.05, 0.1) is 5.92 Å². The number of rotatable bonds is 3. The van der Waals surface area contributed by atoms with Crippen LogP contribution in [0, 0.1) is 17.8 Å². The van der Waals surface area contributed by atoms with Crippen molar-refractivity contribution in [2.45, 2.75) is 19.4 Å². The number of aliphatic carboxylic acids is 1. The fraction of sp³-hybridized carbons (Fsp3) is 0.533. The highest BCUT2D eigenvalue weighted by Crippen LogP contribution is 2.42. The van der Waals surface area contributed by atoms with E-state index in [1.807, 2.05) is 6.07 Å². The molecule has 96 valence electrons. The molecule has 3 rings (SSSR count). The molecular formula is C15H19NO2. The van der Waals surface area contributed by atoms with Gasteiger partial charge < -0.3 is 5.11 Å². The molecule has 1 saturated heterocycles. The van der Waals surface area contributed by atoms with Crippen molar-refractivity contribution < 1.29 is 9.90 Å². The molecule has 0 aromatic heterocycles. The van der Waals surface area contributed by atoms with E-state index in [4.69, 9.17) is 0 Å². The standard InChI is InChI=1S/C15H19NO2/c17-15(18)14-12-6-7-13(14)10-16(9-12)8-11-4-2-1-3-5-11/h1-5,12-14H,6-10H2,(H,17,18). The monoisotopic (exact) mass is 245 g/mol. The number of piperidine rings is 1. The number of hydrogen-bond acceptors (Lipinski definition) is 2. The van der Waals surface area contributed by atoms with E-state index in [9.17, 15) is 9.90 Å². The van der Waals surface area contributed by atoms with Gasteiger partial charge in [0.1, 0.15) is 0 Å². The summed E-state index contributed by atoms with van der Waals surface area (Å²) in [6.07, 6.45) is 2.18. The van der Waals surface area contributed by atoms with Gasteiger partial charge in [0.15, 0.2) is 0 Å². The van der Waals surface area contributed by atoms with Crippen LogP contribution in [0.2, 0.25) is 0 Å². The lowest BCUT2D eigenvalue weighted by atomic mass is 9.85. The third-order valence-corrected chi connectivity index (χ3v) is 4.44. The molecule has 2 unspecified atom stereocenters. The Balaban J connectivity index is 1.67. The van der Waals surface area contributed by atoms with Crippen molar-refractivity contribution in [3.63, 3.8) is 0 Å². The molecule has 3 heteroatoms. The molecule has 2 fully saturated rings. The Labute approximate surface area is 107 Å². The predicted octanol–water partition coefficient (Wildman–Crippen LogP) is 2.23. The van der Waals surface area contributed by atoms with Crippen LogP contribution in [-0.4, -0.2) is 29.1 Å². The zero-order valence-electron chi connectivity index (χ0n) is 10.5. The molecule has 2 aliphatic rings. The summed E-state index contributed by atoms with van der Waals surface area (Å²) < 4.78 is 0. The first kappa shape index (κ1) is 11.7. The van der Waals surface area contributed by atoms with Crippen LogP contribution >= 0.6 is 0 Å². The maximum atomic E-state index is 11.3. The smallest absolute Gasteiger partial charge is 0.307 e. The van der Waals surface area contributed by atoms with E-state index in [2.05, 4.69) is 29.2 Å². The lowest BCUT2D eigenvalue weighted by molar-refractivity contribution is -0.146. The van der Waals surface area contributed by atoms with Crippen molar-refractivity contribution in [3.05, 3.63) is 35.9 Å². The van der Waals surface area contributed by atoms with Gasteiger partial charge in [-0.15, -0.1) is 0 Å². The van der Waals surface area contributed by atoms with Crippen LogP contribution in [0.3, 0.4) is 0 Å². The van der Waals surface area contributed by atoms with Crippen molar-refractivity contribution in [3.8, 4) is 0 Å². The maximum absolute atomic E-state index is 11.3. The summed E-state index contributed by atoms with van der Waals surface area (Å²) in [5.41, 5.74) is 1.32. The fourth-order valence-corrected chi connectivity index (χ4v) is 3.69. The Morgan fingerprint density at radius 1 is 1.17 bits per heavy atom. The van der Waals surface area contributed by atoms with E-state index in [0.717, 1.165) is 32.5 Å². The molecule has 1 N–H and O–H groups in total. The Morgan fingerprint density at radius 2 is 1.78 bits per heavy atom. The second-order valence-electron chi connectivity index (χ2n) is 5.64. The average Bonchev–Trinajstić information content (AvgIpc) is 2.63. The summed E-state index contributed by atoms with van der Waals surface area (Å²) in [6.45, 7) is 2.85. The van der Waals surface area contributed by atoms with E-state index in [-0.39, 0.29) is 5.92 Å². The highest BCUT2D eigenvalue weighted by Gasteiger charge is 2.45. The van der Waals surface area contributed by atoms with Crippen molar-refractivity contribution in [2.75, 3.05) is 13.1 Å². The van der Waals surface area contributed by atoms with Gasteiger partial charge in [0, 0.05) is 19.6 Å². The predicted molar refractivity (Wildman–Crippen MR) is 69.1 cm³/mol. The summed E-state index contributed by atoms with van der Waals surface area (Å²) in [5, 5.41) is 9.28. The topological polar surface area (TPSA) is 40.5 Å². The fourth-order valence-electron chi connectivity index (χ4n) is 3.69. The summed E-state index contributed by atoms with van der Waals surface area (Å²) >= 11 is 0. The van der Waals surface area contributed by atoms with Gasteiger partial charge in [0.2, 0.25) is 0 Å². The van der Waals surface area contributed by atoms with E-state index in [1.165, 1.54) is 5.56 Å². The van der Waals surface area contributed by atoms with Gasteiger partial charge in [-0.05, 0) is 30.2 Å². The number of benzene rings is 1. The number of carboxylic acid groups (broad SMARTS) is 1. The zero-order chi connectivity index (χ0) is 12.5. The Bertz CT molecular complexity index is 417. The highest BCUT2D eigenvalue weighted by atomic mass is 16.4. The molecule has 1 heterocycles. The van der Waals surface area contributed by atoms with Gasteiger partial charge in [-0.3, -0.25) is 9.69 Å². The first-order valence-electron chi connectivity index (χ1n) is 6.73. The first-order chi connectivity index (χ1) is 8.74. The SMILES string of the molecule is O=C(O)C1C2CCC1CN(Cc1ccccc1)C2. The third kappa shape index (κ3) is 2.15. The minimum Gasteiger partial charge on any atom is -0.481 e. The van der Waals surface area contributed by atoms with Crippen molar-refractivity contribution in [1.82, 2.24) is 4.90 Å². The lowest BCUT2D eigenvalue weighted by Gasteiger charge is -2.36. The summed E-state index contributed by atoms with van der Waals surface area (Å²) in [4.78, 5) is 13.7. The number of likely N-dealkylation sites (tertiary alicyclic amines) is 1. The normalized spacial score (nSPS) is 31.4. The van der Waals surface area contributed by atoms with Gasteiger partial charge in [0.25, 0.3) is 0 Å². The molecule has 3 nitrogen and oxygen atoms in total. The highest BCUT2D eigenvalue weighted by molar-refractivity contribution is 5.71. The molecule has 0 spiro atoms. The molecule has 0 amide bonds. The number of hydrogen-bond donors (Lipinski definition) is 1. The number of nitrogens with zero attached hydrogens (tertiary/aromatic N) is 1. The number of carbonyl (C=O) groups is 1. The molecule has 1 saturated carbocycles. The van der Waals surface area contributed by atoms with E-state index >= 15 is 0 Å². The van der Waals surface area contributed by atoms with Crippen LogP contribution < -0.4 is 0 Å². The number of fused-ring (bicyclic) bond motifs is 2. The molecule has 2 bridgehead atoms. The Hall–Kier alpha value is -1.35. The van der Waals surface area contributed by atoms with Crippen LogP contribution in [0.1, 0.15) is 18.4 Å². The second kappa shape index (κ2) is 4.73. The molecule has 18 heavy (non-hydrogen) atoms. The molecule has 0 radical (unpaired) electrons. The van der Waals surface area contributed by atoms with Crippen LogP contribution in [0.4, 0.5) is 0 Å².